The minimum atomic E-state index is -0.711. The molecule has 0 aromatic heterocycles. The highest BCUT2D eigenvalue weighted by molar-refractivity contribution is 6.57. The van der Waals surface area contributed by atoms with E-state index in [0.717, 1.165) is 0 Å². The SMILES string of the molecule is CC(C)NC(=O)CCN1C(=O)C(=O)c2c(Cl)ccc(Cl)c21. The van der Waals surface area contributed by atoms with Crippen LogP contribution in [0, 0.1) is 0 Å². The van der Waals surface area contributed by atoms with Gasteiger partial charge in [-0.1, -0.05) is 23.2 Å². The molecule has 2 rings (SSSR count). The van der Waals surface area contributed by atoms with Gasteiger partial charge in [0.1, 0.15) is 0 Å². The molecule has 1 aliphatic heterocycles. The lowest BCUT2D eigenvalue weighted by Gasteiger charge is -2.18. The Morgan fingerprint density at radius 1 is 1.24 bits per heavy atom. The first-order chi connectivity index (χ1) is 9.82. The normalized spacial score (nSPS) is 13.9. The second-order valence-corrected chi connectivity index (χ2v) is 5.83. The van der Waals surface area contributed by atoms with E-state index in [9.17, 15) is 14.4 Å². The summed E-state index contributed by atoms with van der Waals surface area (Å²) in [7, 11) is 0. The van der Waals surface area contributed by atoms with Gasteiger partial charge >= 0.3 is 0 Å². The van der Waals surface area contributed by atoms with E-state index in [1.54, 1.807) is 0 Å². The molecule has 0 aliphatic carbocycles. The molecule has 1 heterocycles. The molecule has 1 aliphatic rings. The van der Waals surface area contributed by atoms with Crippen LogP contribution in [-0.2, 0) is 9.59 Å². The Hall–Kier alpha value is -1.59. The van der Waals surface area contributed by atoms with Crippen molar-refractivity contribution in [2.45, 2.75) is 26.3 Å². The molecule has 1 aromatic rings. The van der Waals surface area contributed by atoms with Crippen LogP contribution >= 0.6 is 23.2 Å². The van der Waals surface area contributed by atoms with E-state index in [0.29, 0.717) is 0 Å². The zero-order valence-electron chi connectivity index (χ0n) is 11.6. The number of benzene rings is 1. The lowest BCUT2D eigenvalue weighted by atomic mass is 10.1. The molecule has 2 amide bonds. The number of Topliss-reactive ketones (excluding diaryl/α,β-unsaturated/α-hetero) is 1. The van der Waals surface area contributed by atoms with Crippen LogP contribution in [0.25, 0.3) is 0 Å². The predicted octanol–water partition coefficient (Wildman–Crippen LogP) is 2.44. The van der Waals surface area contributed by atoms with Crippen molar-refractivity contribution in [2.24, 2.45) is 0 Å². The monoisotopic (exact) mass is 328 g/mol. The number of rotatable bonds is 4. The maximum Gasteiger partial charge on any atom is 0.299 e. The van der Waals surface area contributed by atoms with Crippen molar-refractivity contribution >= 4 is 46.5 Å². The van der Waals surface area contributed by atoms with Gasteiger partial charge in [0.2, 0.25) is 5.91 Å². The molecule has 0 atom stereocenters. The van der Waals surface area contributed by atoms with E-state index in [1.165, 1.54) is 17.0 Å². The Balaban J connectivity index is 2.24. The van der Waals surface area contributed by atoms with E-state index in [1.807, 2.05) is 13.8 Å². The van der Waals surface area contributed by atoms with Crippen LogP contribution in [0.1, 0.15) is 30.6 Å². The number of anilines is 1. The molecular formula is C14H14Cl2N2O3. The molecule has 112 valence electrons. The number of fused-ring (bicyclic) bond motifs is 1. The van der Waals surface area contributed by atoms with Crippen LogP contribution in [0.3, 0.4) is 0 Å². The van der Waals surface area contributed by atoms with E-state index in [2.05, 4.69) is 5.32 Å². The Morgan fingerprint density at radius 3 is 2.48 bits per heavy atom. The van der Waals surface area contributed by atoms with Gasteiger partial charge in [0.05, 0.1) is 21.3 Å². The molecule has 1 N–H and O–H groups in total. The summed E-state index contributed by atoms with van der Waals surface area (Å²) >= 11 is 12.0. The zero-order chi connectivity index (χ0) is 15.7. The van der Waals surface area contributed by atoms with Crippen molar-refractivity contribution in [2.75, 3.05) is 11.4 Å². The van der Waals surface area contributed by atoms with Gasteiger partial charge in [0, 0.05) is 19.0 Å². The van der Waals surface area contributed by atoms with Crippen molar-refractivity contribution in [1.29, 1.82) is 0 Å². The fourth-order valence-electron chi connectivity index (χ4n) is 2.17. The van der Waals surface area contributed by atoms with E-state index in [-0.39, 0.29) is 46.2 Å². The summed E-state index contributed by atoms with van der Waals surface area (Å²) in [5, 5.41) is 3.17. The Bertz CT molecular complexity index is 629. The standard InChI is InChI=1S/C14H14Cl2N2O3/c1-7(2)17-10(19)5-6-18-12-9(16)4-3-8(15)11(12)13(20)14(18)21/h3-4,7H,5-6H2,1-2H3,(H,17,19). The van der Waals surface area contributed by atoms with Crippen molar-refractivity contribution in [3.8, 4) is 0 Å². The van der Waals surface area contributed by atoms with Gasteiger partial charge in [0.25, 0.3) is 11.7 Å². The topological polar surface area (TPSA) is 66.5 Å². The number of carbonyl (C=O) groups excluding carboxylic acids is 3. The first-order valence-electron chi connectivity index (χ1n) is 6.46. The van der Waals surface area contributed by atoms with Crippen molar-refractivity contribution in [1.82, 2.24) is 5.32 Å². The highest BCUT2D eigenvalue weighted by Gasteiger charge is 2.39. The third-order valence-corrected chi connectivity index (χ3v) is 3.65. The van der Waals surface area contributed by atoms with E-state index < -0.39 is 11.7 Å². The van der Waals surface area contributed by atoms with Crippen LogP contribution < -0.4 is 10.2 Å². The molecule has 0 saturated heterocycles. The number of nitrogens with one attached hydrogen (secondary N) is 1. The Kier molecular flexibility index (Phi) is 4.54. The zero-order valence-corrected chi connectivity index (χ0v) is 13.1. The Morgan fingerprint density at radius 2 is 1.86 bits per heavy atom. The second kappa shape index (κ2) is 6.03. The number of amides is 2. The van der Waals surface area contributed by atoms with Crippen LogP contribution in [0.4, 0.5) is 5.69 Å². The number of carbonyl (C=O) groups is 3. The Labute approximate surface area is 132 Å². The molecule has 0 fully saturated rings. The average Bonchev–Trinajstić information content (AvgIpc) is 2.65. The maximum atomic E-state index is 12.0. The van der Waals surface area contributed by atoms with Gasteiger partial charge in [-0.3, -0.25) is 14.4 Å². The number of nitrogens with zero attached hydrogens (tertiary/aromatic N) is 1. The molecule has 0 unspecified atom stereocenters. The molecule has 0 radical (unpaired) electrons. The summed E-state index contributed by atoms with van der Waals surface area (Å²) in [6, 6.07) is 3.01. The minimum absolute atomic E-state index is 0.0127. The molecule has 21 heavy (non-hydrogen) atoms. The molecular weight excluding hydrogens is 315 g/mol. The number of hydrogen-bond acceptors (Lipinski definition) is 3. The van der Waals surface area contributed by atoms with Gasteiger partial charge < -0.3 is 10.2 Å². The van der Waals surface area contributed by atoms with Gasteiger partial charge in [0.15, 0.2) is 0 Å². The first-order valence-corrected chi connectivity index (χ1v) is 7.22. The minimum Gasteiger partial charge on any atom is -0.354 e. The maximum absolute atomic E-state index is 12.0. The molecule has 0 spiro atoms. The van der Waals surface area contributed by atoms with E-state index in [4.69, 9.17) is 23.2 Å². The fourth-order valence-corrected chi connectivity index (χ4v) is 2.67. The third kappa shape index (κ3) is 3.04. The van der Waals surface area contributed by atoms with Crippen LogP contribution in [-0.4, -0.2) is 30.2 Å². The van der Waals surface area contributed by atoms with Gasteiger partial charge in [-0.15, -0.1) is 0 Å². The quantitative estimate of drug-likeness (QED) is 0.863. The number of hydrogen-bond donors (Lipinski definition) is 1. The largest absolute Gasteiger partial charge is 0.354 e. The smallest absolute Gasteiger partial charge is 0.299 e. The summed E-state index contributed by atoms with van der Waals surface area (Å²) in [5.41, 5.74) is 0.398. The molecule has 1 aromatic carbocycles. The average molecular weight is 329 g/mol. The van der Waals surface area contributed by atoms with Gasteiger partial charge in [-0.05, 0) is 26.0 Å². The van der Waals surface area contributed by atoms with Crippen molar-refractivity contribution in [3.05, 3.63) is 27.7 Å². The first kappa shape index (κ1) is 15.8. The van der Waals surface area contributed by atoms with Crippen LogP contribution in [0.5, 0.6) is 0 Å². The van der Waals surface area contributed by atoms with Crippen molar-refractivity contribution < 1.29 is 14.4 Å². The predicted molar refractivity (Wildman–Crippen MR) is 81.0 cm³/mol. The lowest BCUT2D eigenvalue weighted by Crippen LogP contribution is -2.36. The van der Waals surface area contributed by atoms with Gasteiger partial charge in [-0.2, -0.15) is 0 Å². The highest BCUT2D eigenvalue weighted by atomic mass is 35.5. The third-order valence-electron chi connectivity index (χ3n) is 3.03. The van der Waals surface area contributed by atoms with Crippen LogP contribution in [0.15, 0.2) is 12.1 Å². The van der Waals surface area contributed by atoms with Gasteiger partial charge in [-0.25, -0.2) is 0 Å². The summed E-state index contributed by atoms with van der Waals surface area (Å²) in [6.07, 6.45) is 0.0828. The summed E-state index contributed by atoms with van der Waals surface area (Å²) < 4.78 is 0. The molecule has 5 nitrogen and oxygen atoms in total. The lowest BCUT2D eigenvalue weighted by molar-refractivity contribution is -0.121. The summed E-state index contributed by atoms with van der Waals surface area (Å²) in [5.74, 6) is -1.60. The van der Waals surface area contributed by atoms with E-state index >= 15 is 0 Å². The molecule has 0 saturated carbocycles. The van der Waals surface area contributed by atoms with Crippen LogP contribution in [0.2, 0.25) is 10.0 Å². The highest BCUT2D eigenvalue weighted by Crippen LogP contribution is 2.39. The number of ketones is 1. The fraction of sp³-hybridized carbons (Fsp3) is 0.357. The summed E-state index contributed by atoms with van der Waals surface area (Å²) in [6.45, 7) is 3.76. The second-order valence-electron chi connectivity index (χ2n) is 5.01. The number of halogens is 2. The molecule has 0 bridgehead atoms. The molecule has 7 heteroatoms. The van der Waals surface area contributed by atoms with Crippen molar-refractivity contribution in [3.63, 3.8) is 0 Å². The summed E-state index contributed by atoms with van der Waals surface area (Å²) in [4.78, 5) is 36.9.